The standard InChI is InChI=1S/C20H15BrN2/c21-16-12-10-14(11-13-16)19-17-8-4-5-9-18(17)22-20(23-19)15-6-2-1-3-7-15/h1-13,17,19H. The number of halogens is 1. The highest BCUT2D eigenvalue weighted by Crippen LogP contribution is 2.35. The van der Waals surface area contributed by atoms with Crippen molar-refractivity contribution in [2.45, 2.75) is 6.04 Å². The molecule has 1 heterocycles. The fourth-order valence-corrected chi connectivity index (χ4v) is 3.22. The number of hydrogen-bond donors (Lipinski definition) is 0. The maximum Gasteiger partial charge on any atom is 0.155 e. The van der Waals surface area contributed by atoms with Crippen LogP contribution in [0, 0.1) is 5.92 Å². The summed E-state index contributed by atoms with van der Waals surface area (Å²) in [6, 6.07) is 18.7. The number of aliphatic imine (C=N–C) groups is 2. The predicted octanol–water partition coefficient (Wildman–Crippen LogP) is 5.13. The minimum atomic E-state index is 0.0620. The molecular formula is C20H15BrN2. The molecule has 23 heavy (non-hydrogen) atoms. The van der Waals surface area contributed by atoms with Crippen molar-refractivity contribution in [1.82, 2.24) is 0 Å². The van der Waals surface area contributed by atoms with Gasteiger partial charge in [-0.3, -0.25) is 4.99 Å². The van der Waals surface area contributed by atoms with Crippen LogP contribution < -0.4 is 0 Å². The van der Waals surface area contributed by atoms with Crippen molar-refractivity contribution in [3.05, 3.63) is 94.5 Å². The van der Waals surface area contributed by atoms with Crippen LogP contribution in [0.25, 0.3) is 0 Å². The first kappa shape index (κ1) is 14.3. The van der Waals surface area contributed by atoms with Crippen LogP contribution in [0.1, 0.15) is 17.2 Å². The second-order valence-electron chi connectivity index (χ2n) is 5.62. The van der Waals surface area contributed by atoms with Gasteiger partial charge in [-0.2, -0.15) is 0 Å². The molecule has 0 aromatic heterocycles. The monoisotopic (exact) mass is 362 g/mol. The third kappa shape index (κ3) is 2.84. The highest BCUT2D eigenvalue weighted by molar-refractivity contribution is 9.10. The average molecular weight is 363 g/mol. The van der Waals surface area contributed by atoms with Crippen LogP contribution >= 0.6 is 15.9 Å². The Bertz CT molecular complexity index is 830. The Kier molecular flexibility index (Phi) is 3.80. The van der Waals surface area contributed by atoms with Gasteiger partial charge in [-0.15, -0.1) is 0 Å². The van der Waals surface area contributed by atoms with Crippen molar-refractivity contribution in [3.8, 4) is 0 Å². The molecule has 112 valence electrons. The smallest absolute Gasteiger partial charge is 0.155 e. The SMILES string of the molecule is Brc1ccc(C2N=C(c3ccccc3)N=C3C=CC=CC32)cc1. The summed E-state index contributed by atoms with van der Waals surface area (Å²) < 4.78 is 1.08. The maximum atomic E-state index is 4.97. The number of benzene rings is 2. The summed E-state index contributed by atoms with van der Waals surface area (Å²) >= 11 is 3.50. The number of fused-ring (bicyclic) bond motifs is 1. The Hall–Kier alpha value is -2.26. The number of amidine groups is 1. The molecule has 0 saturated carbocycles. The molecule has 2 atom stereocenters. The quantitative estimate of drug-likeness (QED) is 0.706. The number of allylic oxidation sites excluding steroid dienone is 3. The number of nitrogens with zero attached hydrogens (tertiary/aromatic N) is 2. The van der Waals surface area contributed by atoms with Crippen LogP contribution in [0.2, 0.25) is 0 Å². The van der Waals surface area contributed by atoms with E-state index in [0.29, 0.717) is 0 Å². The van der Waals surface area contributed by atoms with E-state index in [1.54, 1.807) is 0 Å². The first-order valence-corrected chi connectivity index (χ1v) is 8.43. The van der Waals surface area contributed by atoms with E-state index in [-0.39, 0.29) is 12.0 Å². The van der Waals surface area contributed by atoms with E-state index in [0.717, 1.165) is 21.6 Å². The lowest BCUT2D eigenvalue weighted by Crippen LogP contribution is -2.26. The van der Waals surface area contributed by atoms with Crippen LogP contribution in [0.4, 0.5) is 0 Å². The number of rotatable bonds is 2. The zero-order chi connectivity index (χ0) is 15.6. The maximum absolute atomic E-state index is 4.97. The predicted molar refractivity (Wildman–Crippen MR) is 99.1 cm³/mol. The summed E-state index contributed by atoms with van der Waals surface area (Å²) in [5, 5.41) is 0. The summed E-state index contributed by atoms with van der Waals surface area (Å²) in [5.74, 6) is 1.01. The van der Waals surface area contributed by atoms with Gasteiger partial charge in [0.25, 0.3) is 0 Å². The van der Waals surface area contributed by atoms with E-state index in [1.807, 2.05) is 24.3 Å². The first-order chi connectivity index (χ1) is 11.3. The zero-order valence-electron chi connectivity index (χ0n) is 12.4. The van der Waals surface area contributed by atoms with Crippen molar-refractivity contribution in [1.29, 1.82) is 0 Å². The largest absolute Gasteiger partial charge is 0.257 e. The molecule has 0 saturated heterocycles. The molecule has 0 amide bonds. The molecule has 2 unspecified atom stereocenters. The lowest BCUT2D eigenvalue weighted by Gasteiger charge is -2.28. The molecule has 0 N–H and O–H groups in total. The molecule has 2 nitrogen and oxygen atoms in total. The molecule has 2 aromatic carbocycles. The van der Waals surface area contributed by atoms with E-state index in [2.05, 4.69) is 70.6 Å². The summed E-state index contributed by atoms with van der Waals surface area (Å²) in [6.07, 6.45) is 8.41. The van der Waals surface area contributed by atoms with Crippen LogP contribution in [0.3, 0.4) is 0 Å². The number of hydrogen-bond acceptors (Lipinski definition) is 2. The molecule has 0 fully saturated rings. The van der Waals surface area contributed by atoms with E-state index in [9.17, 15) is 0 Å². The third-order valence-electron chi connectivity index (χ3n) is 4.12. The minimum absolute atomic E-state index is 0.0620. The molecule has 2 aromatic rings. The summed E-state index contributed by atoms with van der Waals surface area (Å²) in [5.41, 5.74) is 3.34. The lowest BCUT2D eigenvalue weighted by atomic mass is 9.85. The van der Waals surface area contributed by atoms with Gasteiger partial charge in [-0.1, -0.05) is 76.6 Å². The van der Waals surface area contributed by atoms with Crippen LogP contribution in [-0.2, 0) is 0 Å². The second kappa shape index (κ2) is 6.09. The summed E-state index contributed by atoms with van der Waals surface area (Å²) in [7, 11) is 0. The van der Waals surface area contributed by atoms with Gasteiger partial charge >= 0.3 is 0 Å². The highest BCUT2D eigenvalue weighted by Gasteiger charge is 2.29. The van der Waals surface area contributed by atoms with Crippen molar-refractivity contribution < 1.29 is 0 Å². The molecule has 0 radical (unpaired) electrons. The van der Waals surface area contributed by atoms with Crippen LogP contribution in [0.15, 0.2) is 93.4 Å². The van der Waals surface area contributed by atoms with Gasteiger partial charge in [0.1, 0.15) is 0 Å². The van der Waals surface area contributed by atoms with Crippen molar-refractivity contribution in [3.63, 3.8) is 0 Å². The zero-order valence-corrected chi connectivity index (χ0v) is 14.0. The van der Waals surface area contributed by atoms with Crippen molar-refractivity contribution in [2.24, 2.45) is 15.9 Å². The topological polar surface area (TPSA) is 24.7 Å². The Morgan fingerprint density at radius 3 is 2.43 bits per heavy atom. The van der Waals surface area contributed by atoms with Gasteiger partial charge in [0.2, 0.25) is 0 Å². The van der Waals surface area contributed by atoms with Gasteiger partial charge in [0, 0.05) is 16.0 Å². The van der Waals surface area contributed by atoms with E-state index >= 15 is 0 Å². The minimum Gasteiger partial charge on any atom is -0.257 e. The normalized spacial score (nSPS) is 22.3. The fourth-order valence-electron chi connectivity index (χ4n) is 2.96. The van der Waals surface area contributed by atoms with Gasteiger partial charge in [-0.25, -0.2) is 4.99 Å². The Morgan fingerprint density at radius 2 is 1.65 bits per heavy atom. The van der Waals surface area contributed by atoms with Gasteiger partial charge in [-0.05, 0) is 23.8 Å². The van der Waals surface area contributed by atoms with Gasteiger partial charge in [0.15, 0.2) is 5.84 Å². The molecule has 1 aliphatic carbocycles. The first-order valence-electron chi connectivity index (χ1n) is 7.63. The third-order valence-corrected chi connectivity index (χ3v) is 4.65. The molecule has 0 bridgehead atoms. The van der Waals surface area contributed by atoms with Crippen LogP contribution in [-0.4, -0.2) is 11.5 Å². The Balaban J connectivity index is 1.81. The van der Waals surface area contributed by atoms with Crippen molar-refractivity contribution in [2.75, 3.05) is 0 Å². The summed E-state index contributed by atoms with van der Waals surface area (Å²) in [6.45, 7) is 0. The Morgan fingerprint density at radius 1 is 0.870 bits per heavy atom. The fraction of sp³-hybridized carbons (Fsp3) is 0.100. The molecule has 3 heteroatoms. The van der Waals surface area contributed by atoms with Gasteiger partial charge < -0.3 is 0 Å². The van der Waals surface area contributed by atoms with E-state index in [1.165, 1.54) is 5.56 Å². The molecule has 2 aliphatic rings. The Labute approximate surface area is 144 Å². The second-order valence-corrected chi connectivity index (χ2v) is 6.54. The molecule has 0 spiro atoms. The molecular weight excluding hydrogens is 348 g/mol. The summed E-state index contributed by atoms with van der Waals surface area (Å²) in [4.78, 5) is 9.75. The van der Waals surface area contributed by atoms with Crippen LogP contribution in [0.5, 0.6) is 0 Å². The average Bonchev–Trinajstić information content (AvgIpc) is 2.62. The highest BCUT2D eigenvalue weighted by atomic mass is 79.9. The van der Waals surface area contributed by atoms with Crippen molar-refractivity contribution >= 4 is 27.5 Å². The van der Waals surface area contributed by atoms with E-state index < -0.39 is 0 Å². The van der Waals surface area contributed by atoms with Gasteiger partial charge in [0.05, 0.1) is 11.8 Å². The van der Waals surface area contributed by atoms with E-state index in [4.69, 9.17) is 9.98 Å². The molecule has 4 rings (SSSR count). The lowest BCUT2D eigenvalue weighted by molar-refractivity contribution is 0.640. The molecule has 1 aliphatic heterocycles.